The van der Waals surface area contributed by atoms with Crippen molar-refractivity contribution in [3.63, 3.8) is 0 Å². The Bertz CT molecular complexity index is 405. The number of hydrogen-bond acceptors (Lipinski definition) is 6. The highest BCUT2D eigenvalue weighted by atomic mass is 16.6. The molecule has 0 spiro atoms. The van der Waals surface area contributed by atoms with Crippen LogP contribution in [-0.4, -0.2) is 43.6 Å². The second-order valence-electron chi connectivity index (χ2n) is 4.98. The fraction of sp³-hybridized carbons (Fsp3) is 0.583. The second kappa shape index (κ2) is 6.44. The summed E-state index contributed by atoms with van der Waals surface area (Å²) in [5.41, 5.74) is -0.339. The van der Waals surface area contributed by atoms with Crippen LogP contribution in [0.1, 0.15) is 38.9 Å². The summed E-state index contributed by atoms with van der Waals surface area (Å²) in [6.45, 7) is 4.88. The Labute approximate surface area is 111 Å². The van der Waals surface area contributed by atoms with Crippen molar-refractivity contribution < 1.29 is 19.8 Å². The number of amides is 1. The number of hydroxylamine groups is 2. The van der Waals surface area contributed by atoms with Crippen molar-refractivity contribution in [3.8, 4) is 0 Å². The molecule has 1 atom stereocenters. The Kier molecular flexibility index (Phi) is 5.20. The first kappa shape index (κ1) is 15.3. The Hall–Kier alpha value is -1.73. The van der Waals surface area contributed by atoms with Gasteiger partial charge in [0.15, 0.2) is 0 Å². The van der Waals surface area contributed by atoms with Crippen LogP contribution in [-0.2, 0) is 4.74 Å². The van der Waals surface area contributed by atoms with E-state index in [1.165, 1.54) is 18.6 Å². The molecule has 1 aromatic heterocycles. The normalized spacial score (nSPS) is 12.9. The Morgan fingerprint density at radius 3 is 2.63 bits per heavy atom. The molecule has 7 heteroatoms. The first-order valence-corrected chi connectivity index (χ1v) is 5.93. The number of rotatable bonds is 4. The van der Waals surface area contributed by atoms with Gasteiger partial charge in [-0.25, -0.2) is 4.79 Å². The molecule has 0 saturated heterocycles. The molecule has 2 N–H and O–H groups in total. The van der Waals surface area contributed by atoms with E-state index in [9.17, 15) is 10.0 Å². The highest BCUT2D eigenvalue weighted by molar-refractivity contribution is 5.67. The van der Waals surface area contributed by atoms with Gasteiger partial charge in [-0.05, 0) is 27.2 Å². The van der Waals surface area contributed by atoms with Crippen LogP contribution in [0.3, 0.4) is 0 Å². The molecule has 0 saturated carbocycles. The summed E-state index contributed by atoms with van der Waals surface area (Å²) in [5.74, 6) is 0. The lowest BCUT2D eigenvalue weighted by atomic mass is 10.1. The Morgan fingerprint density at radius 1 is 1.47 bits per heavy atom. The van der Waals surface area contributed by atoms with Crippen LogP contribution in [0.2, 0.25) is 0 Å². The van der Waals surface area contributed by atoms with Crippen molar-refractivity contribution in [2.75, 3.05) is 6.61 Å². The molecule has 0 aromatic carbocycles. The van der Waals surface area contributed by atoms with Crippen LogP contribution in [0.25, 0.3) is 0 Å². The maximum Gasteiger partial charge on any atom is 0.434 e. The minimum Gasteiger partial charge on any atom is -0.442 e. The van der Waals surface area contributed by atoms with Gasteiger partial charge in [0.1, 0.15) is 11.6 Å². The summed E-state index contributed by atoms with van der Waals surface area (Å²) < 4.78 is 5.06. The van der Waals surface area contributed by atoms with Gasteiger partial charge in [-0.15, -0.1) is 0 Å². The van der Waals surface area contributed by atoms with Crippen LogP contribution >= 0.6 is 0 Å². The average Bonchev–Trinajstić information content (AvgIpc) is 2.34. The number of carbonyl (C=O) groups excluding carboxylic acids is 1. The molecule has 1 aromatic rings. The topological polar surface area (TPSA) is 95.8 Å². The predicted octanol–water partition coefficient (Wildman–Crippen LogP) is 1.53. The molecule has 0 aliphatic rings. The van der Waals surface area contributed by atoms with Gasteiger partial charge in [0, 0.05) is 19.0 Å². The molecule has 1 rings (SSSR count). The molecule has 1 amide bonds. The number of aliphatic hydroxyl groups is 1. The zero-order valence-electron chi connectivity index (χ0n) is 11.3. The number of aromatic nitrogens is 2. The highest BCUT2D eigenvalue weighted by Gasteiger charge is 2.29. The molecule has 0 unspecified atom stereocenters. The molecule has 1 heterocycles. The lowest BCUT2D eigenvalue weighted by Crippen LogP contribution is -2.37. The summed E-state index contributed by atoms with van der Waals surface area (Å²) in [7, 11) is 0. The molecule has 0 bridgehead atoms. The van der Waals surface area contributed by atoms with Gasteiger partial charge < -0.3 is 9.84 Å². The molecule has 0 aliphatic heterocycles. The minimum atomic E-state index is -0.892. The summed E-state index contributed by atoms with van der Waals surface area (Å²) in [6, 6.07) is -0.798. The number of nitrogens with zero attached hydrogens (tertiary/aromatic N) is 3. The first-order chi connectivity index (χ1) is 8.85. The summed E-state index contributed by atoms with van der Waals surface area (Å²) in [5, 5.41) is 19.4. The molecular weight excluding hydrogens is 250 g/mol. The van der Waals surface area contributed by atoms with Crippen LogP contribution in [0, 0.1) is 0 Å². The zero-order valence-corrected chi connectivity index (χ0v) is 11.3. The van der Waals surface area contributed by atoms with Gasteiger partial charge in [0.25, 0.3) is 0 Å². The largest absolute Gasteiger partial charge is 0.442 e. The molecule has 0 radical (unpaired) electrons. The quantitative estimate of drug-likeness (QED) is 0.635. The van der Waals surface area contributed by atoms with Gasteiger partial charge in [-0.3, -0.25) is 15.2 Å². The van der Waals surface area contributed by atoms with Gasteiger partial charge >= 0.3 is 6.09 Å². The van der Waals surface area contributed by atoms with E-state index in [1.54, 1.807) is 20.8 Å². The van der Waals surface area contributed by atoms with E-state index in [1.807, 2.05) is 0 Å². The van der Waals surface area contributed by atoms with Crippen molar-refractivity contribution in [2.24, 2.45) is 0 Å². The van der Waals surface area contributed by atoms with E-state index >= 15 is 0 Å². The molecule has 0 aliphatic carbocycles. The van der Waals surface area contributed by atoms with Crippen molar-refractivity contribution in [2.45, 2.75) is 38.8 Å². The third-order valence-electron chi connectivity index (χ3n) is 2.20. The summed E-state index contributed by atoms with van der Waals surface area (Å²) >= 11 is 0. The van der Waals surface area contributed by atoms with Gasteiger partial charge in [-0.1, -0.05) is 0 Å². The number of ether oxygens (including phenoxy) is 1. The van der Waals surface area contributed by atoms with E-state index < -0.39 is 17.7 Å². The molecule has 106 valence electrons. The van der Waals surface area contributed by atoms with Crippen LogP contribution in [0.15, 0.2) is 18.6 Å². The summed E-state index contributed by atoms with van der Waals surface area (Å²) in [4.78, 5) is 19.7. The third kappa shape index (κ3) is 4.80. The first-order valence-electron chi connectivity index (χ1n) is 5.93. The fourth-order valence-electron chi connectivity index (χ4n) is 1.44. The maximum atomic E-state index is 11.8. The average molecular weight is 269 g/mol. The van der Waals surface area contributed by atoms with Gasteiger partial charge in [-0.2, -0.15) is 5.06 Å². The molecular formula is C12H19N3O4. The van der Waals surface area contributed by atoms with E-state index in [4.69, 9.17) is 9.84 Å². The Morgan fingerprint density at radius 2 is 2.16 bits per heavy atom. The van der Waals surface area contributed by atoms with Gasteiger partial charge in [0.2, 0.25) is 0 Å². The lowest BCUT2D eigenvalue weighted by Gasteiger charge is -2.28. The van der Waals surface area contributed by atoms with Crippen molar-refractivity contribution in [1.82, 2.24) is 15.0 Å². The van der Waals surface area contributed by atoms with E-state index in [-0.39, 0.29) is 13.0 Å². The number of aliphatic hydroxyl groups excluding tert-OH is 1. The molecule has 7 nitrogen and oxygen atoms in total. The third-order valence-corrected chi connectivity index (χ3v) is 2.20. The van der Waals surface area contributed by atoms with Crippen LogP contribution in [0.4, 0.5) is 4.79 Å². The lowest BCUT2D eigenvalue weighted by molar-refractivity contribution is -0.126. The van der Waals surface area contributed by atoms with Crippen molar-refractivity contribution >= 4 is 6.09 Å². The molecule has 0 fully saturated rings. The van der Waals surface area contributed by atoms with Crippen LogP contribution in [0.5, 0.6) is 0 Å². The molecule has 19 heavy (non-hydrogen) atoms. The second-order valence-corrected chi connectivity index (χ2v) is 4.98. The van der Waals surface area contributed by atoms with Crippen molar-refractivity contribution in [3.05, 3.63) is 24.3 Å². The van der Waals surface area contributed by atoms with E-state index in [0.29, 0.717) is 10.8 Å². The smallest absolute Gasteiger partial charge is 0.434 e. The van der Waals surface area contributed by atoms with E-state index in [0.717, 1.165) is 0 Å². The SMILES string of the molecule is CC(C)(C)OC(=O)N(O)[C@@H](CCO)c1cnccn1. The van der Waals surface area contributed by atoms with Crippen LogP contribution < -0.4 is 0 Å². The monoisotopic (exact) mass is 269 g/mol. The highest BCUT2D eigenvalue weighted by Crippen LogP contribution is 2.22. The standard InChI is InChI=1S/C12H19N3O4/c1-12(2,3)19-11(17)15(18)10(4-7-16)9-8-13-5-6-14-9/h5-6,8,10,16,18H,4,7H2,1-3H3/t10-/m0/s1. The Balaban J connectivity index is 2.85. The van der Waals surface area contributed by atoms with E-state index in [2.05, 4.69) is 9.97 Å². The number of hydrogen-bond donors (Lipinski definition) is 2. The maximum absolute atomic E-state index is 11.8. The summed E-state index contributed by atoms with van der Waals surface area (Å²) in [6.07, 6.45) is 3.59. The predicted molar refractivity (Wildman–Crippen MR) is 66.3 cm³/mol. The fourth-order valence-corrected chi connectivity index (χ4v) is 1.44. The number of carbonyl (C=O) groups is 1. The zero-order chi connectivity index (χ0) is 14.5. The minimum absolute atomic E-state index is 0.133. The van der Waals surface area contributed by atoms with Gasteiger partial charge in [0.05, 0.1) is 11.9 Å². The van der Waals surface area contributed by atoms with Crippen molar-refractivity contribution in [1.29, 1.82) is 0 Å².